The van der Waals surface area contributed by atoms with Crippen molar-refractivity contribution < 1.29 is 33.6 Å². The Balaban J connectivity index is 1.74. The molecule has 0 radical (unpaired) electrons. The van der Waals surface area contributed by atoms with Crippen LogP contribution in [0, 0.1) is 11.8 Å². The van der Waals surface area contributed by atoms with Crippen molar-refractivity contribution >= 4 is 11.9 Å². The van der Waals surface area contributed by atoms with E-state index in [2.05, 4.69) is 36.3 Å². The van der Waals surface area contributed by atoms with Gasteiger partial charge in [-0.05, 0) is 31.2 Å². The molecule has 9 heteroatoms. The molecule has 36 heavy (non-hydrogen) atoms. The van der Waals surface area contributed by atoms with Crippen LogP contribution in [-0.2, 0) is 25.4 Å². The van der Waals surface area contributed by atoms with Crippen LogP contribution in [0.4, 0.5) is 0 Å². The number of amides is 1. The van der Waals surface area contributed by atoms with Crippen LogP contribution in [0.25, 0.3) is 0 Å². The summed E-state index contributed by atoms with van der Waals surface area (Å²) in [6.07, 6.45) is 2.03. The minimum absolute atomic E-state index is 0.0229. The van der Waals surface area contributed by atoms with Crippen molar-refractivity contribution in [2.75, 3.05) is 26.9 Å². The molecule has 4 unspecified atom stereocenters. The first-order valence-corrected chi connectivity index (χ1v) is 12.3. The van der Waals surface area contributed by atoms with E-state index in [0.717, 1.165) is 12.8 Å². The van der Waals surface area contributed by atoms with Gasteiger partial charge < -0.3 is 29.4 Å². The van der Waals surface area contributed by atoms with Gasteiger partial charge in [0.05, 0.1) is 26.4 Å². The second kappa shape index (κ2) is 13.2. The highest BCUT2D eigenvalue weighted by Gasteiger charge is 2.36. The summed E-state index contributed by atoms with van der Waals surface area (Å²) in [5.41, 5.74) is 0.953. The molecule has 1 amide bonds. The summed E-state index contributed by atoms with van der Waals surface area (Å²) >= 11 is 0. The summed E-state index contributed by atoms with van der Waals surface area (Å²) in [4.78, 5) is 29.7. The minimum Gasteiger partial charge on any atom is -0.503 e. The van der Waals surface area contributed by atoms with E-state index in [0.29, 0.717) is 19.1 Å². The van der Waals surface area contributed by atoms with Crippen molar-refractivity contribution in [3.8, 4) is 11.5 Å². The van der Waals surface area contributed by atoms with E-state index in [4.69, 9.17) is 18.9 Å². The van der Waals surface area contributed by atoms with Crippen molar-refractivity contribution in [3.63, 3.8) is 0 Å². The van der Waals surface area contributed by atoms with Crippen molar-refractivity contribution in [1.82, 2.24) is 10.3 Å². The molecule has 1 fully saturated rings. The van der Waals surface area contributed by atoms with Crippen LogP contribution < -0.4 is 10.1 Å². The number of hydrogen-bond donors (Lipinski definition) is 2. The highest BCUT2D eigenvalue weighted by Crippen LogP contribution is 2.28. The number of carbonyl (C=O) groups is 2. The molecule has 2 aromatic rings. The van der Waals surface area contributed by atoms with Crippen molar-refractivity contribution in [2.24, 2.45) is 11.8 Å². The van der Waals surface area contributed by atoms with Gasteiger partial charge in [-0.1, -0.05) is 44.2 Å². The Morgan fingerprint density at radius 3 is 2.67 bits per heavy atom. The molecule has 0 spiro atoms. The number of rotatable bonds is 9. The molecule has 1 aliphatic heterocycles. The first-order valence-electron chi connectivity index (χ1n) is 12.3. The van der Waals surface area contributed by atoms with E-state index in [1.165, 1.54) is 24.9 Å². The fourth-order valence-electron chi connectivity index (χ4n) is 4.13. The molecule has 4 atom stereocenters. The van der Waals surface area contributed by atoms with E-state index in [9.17, 15) is 14.7 Å². The Kier molecular flexibility index (Phi) is 10.1. The molecule has 196 valence electrons. The fraction of sp³-hybridized carbons (Fsp3) is 0.519. The largest absolute Gasteiger partial charge is 0.503 e. The zero-order valence-electron chi connectivity index (χ0n) is 21.3. The van der Waals surface area contributed by atoms with Gasteiger partial charge in [-0.15, -0.1) is 0 Å². The van der Waals surface area contributed by atoms with E-state index < -0.39 is 29.8 Å². The topological polar surface area (TPSA) is 116 Å². The maximum Gasteiger partial charge on any atom is 0.331 e. The van der Waals surface area contributed by atoms with E-state index in [1.807, 2.05) is 18.2 Å². The van der Waals surface area contributed by atoms with Crippen molar-refractivity contribution in [3.05, 3.63) is 53.9 Å². The number of benzene rings is 1. The molecule has 0 aliphatic carbocycles. The maximum atomic E-state index is 13.0. The summed E-state index contributed by atoms with van der Waals surface area (Å²) in [6, 6.07) is 10.5. The molecule has 1 saturated heterocycles. The number of aromatic hydroxyl groups is 1. The van der Waals surface area contributed by atoms with Gasteiger partial charge in [0, 0.05) is 24.8 Å². The lowest BCUT2D eigenvalue weighted by Gasteiger charge is -2.31. The third-order valence-corrected chi connectivity index (χ3v) is 6.03. The number of nitrogens with zero attached hydrogens (tertiary/aromatic N) is 1. The highest BCUT2D eigenvalue weighted by molar-refractivity contribution is 5.98. The molecule has 0 bridgehead atoms. The summed E-state index contributed by atoms with van der Waals surface area (Å²) in [7, 11) is 1.37. The zero-order chi connectivity index (χ0) is 26.1. The molecular formula is C27H36N2O7. The fourth-order valence-corrected chi connectivity index (χ4v) is 4.13. The number of methoxy groups -OCH3 is 1. The van der Waals surface area contributed by atoms with Crippen LogP contribution in [-0.4, -0.2) is 67.1 Å². The number of aryl methyl sites for hydroxylation is 1. The second-order valence-electron chi connectivity index (χ2n) is 9.39. The lowest BCUT2D eigenvalue weighted by atomic mass is 9.92. The number of nitrogens with one attached hydrogen (secondary N) is 1. The average Bonchev–Trinajstić information content (AvgIpc) is 2.91. The van der Waals surface area contributed by atoms with Gasteiger partial charge in [-0.25, -0.2) is 9.78 Å². The molecule has 1 aliphatic rings. The van der Waals surface area contributed by atoms with Gasteiger partial charge >= 0.3 is 5.97 Å². The normalized spacial score (nSPS) is 22.8. The second-order valence-corrected chi connectivity index (χ2v) is 9.39. The molecule has 2 N–H and O–H groups in total. The number of aromatic nitrogens is 1. The number of esters is 1. The predicted octanol–water partition coefficient (Wildman–Crippen LogP) is 3.15. The van der Waals surface area contributed by atoms with Crippen LogP contribution >= 0.6 is 0 Å². The smallest absolute Gasteiger partial charge is 0.331 e. The van der Waals surface area contributed by atoms with Gasteiger partial charge in [0.1, 0.15) is 6.10 Å². The third kappa shape index (κ3) is 7.41. The molecule has 9 nitrogen and oxygen atoms in total. The quantitative estimate of drug-likeness (QED) is 0.505. The number of hydrogen-bond acceptors (Lipinski definition) is 8. The molecule has 2 heterocycles. The standard InChI is InChI=1S/C27H36N2O7/c1-17(2)14-35-25-18(3)36-27(32)21(29-26(31)23-24(30)22(33-4)12-13-28-23)16-34-15-20(25)11-10-19-8-6-5-7-9-19/h5-9,12-13,17-18,20-21,25,30H,10-11,14-16H2,1-4H3,(H,29,31). The minimum atomic E-state index is -1.08. The first kappa shape index (κ1) is 27.4. The summed E-state index contributed by atoms with van der Waals surface area (Å²) in [6.45, 7) is 6.71. The van der Waals surface area contributed by atoms with E-state index in [1.54, 1.807) is 6.92 Å². The van der Waals surface area contributed by atoms with Crippen LogP contribution in [0.5, 0.6) is 11.5 Å². The highest BCUT2D eigenvalue weighted by atomic mass is 16.6. The van der Waals surface area contributed by atoms with Crippen LogP contribution in [0.1, 0.15) is 43.2 Å². The van der Waals surface area contributed by atoms with E-state index in [-0.39, 0.29) is 30.1 Å². The van der Waals surface area contributed by atoms with Gasteiger partial charge in [0.15, 0.2) is 23.2 Å². The van der Waals surface area contributed by atoms with Crippen molar-refractivity contribution in [2.45, 2.75) is 51.9 Å². The lowest BCUT2D eigenvalue weighted by Crippen LogP contribution is -2.46. The Morgan fingerprint density at radius 2 is 1.97 bits per heavy atom. The first-order chi connectivity index (χ1) is 17.3. The van der Waals surface area contributed by atoms with Crippen molar-refractivity contribution in [1.29, 1.82) is 0 Å². The average molecular weight is 501 g/mol. The van der Waals surface area contributed by atoms with Gasteiger partial charge in [0.25, 0.3) is 5.91 Å². The Hall–Kier alpha value is -3.17. The lowest BCUT2D eigenvalue weighted by molar-refractivity contribution is -0.161. The molecule has 1 aromatic heterocycles. The Labute approximate surface area is 212 Å². The zero-order valence-corrected chi connectivity index (χ0v) is 21.3. The number of ether oxygens (including phenoxy) is 4. The SMILES string of the molecule is COc1ccnc(C(=O)NC2COCC(CCc3ccccc3)C(OCC(C)C)C(C)OC2=O)c1O. The molecule has 3 rings (SSSR count). The Bertz CT molecular complexity index is 999. The summed E-state index contributed by atoms with van der Waals surface area (Å²) < 4.78 is 22.9. The van der Waals surface area contributed by atoms with Crippen LogP contribution in [0.15, 0.2) is 42.6 Å². The number of carbonyl (C=O) groups excluding carboxylic acids is 2. The van der Waals surface area contributed by atoms with Gasteiger partial charge in [-0.2, -0.15) is 0 Å². The Morgan fingerprint density at radius 1 is 1.22 bits per heavy atom. The monoisotopic (exact) mass is 500 g/mol. The van der Waals surface area contributed by atoms with E-state index >= 15 is 0 Å². The van der Waals surface area contributed by atoms with Gasteiger partial charge in [-0.3, -0.25) is 4.79 Å². The third-order valence-electron chi connectivity index (χ3n) is 6.03. The summed E-state index contributed by atoms with van der Waals surface area (Å²) in [5, 5.41) is 12.8. The summed E-state index contributed by atoms with van der Waals surface area (Å²) in [5.74, 6) is -1.40. The van der Waals surface area contributed by atoms with Crippen LogP contribution in [0.3, 0.4) is 0 Å². The number of cyclic esters (lactones) is 1. The molecular weight excluding hydrogens is 464 g/mol. The number of pyridine rings is 1. The molecule has 1 aromatic carbocycles. The predicted molar refractivity (Wildman–Crippen MR) is 133 cm³/mol. The van der Waals surface area contributed by atoms with Gasteiger partial charge in [0.2, 0.25) is 0 Å². The molecule has 0 saturated carbocycles. The maximum absolute atomic E-state index is 13.0. The van der Waals surface area contributed by atoms with Crippen LogP contribution in [0.2, 0.25) is 0 Å².